The first kappa shape index (κ1) is 15.9. The number of rotatable bonds is 6. The number of hydrogen-bond acceptors (Lipinski definition) is 4. The van der Waals surface area contributed by atoms with Gasteiger partial charge in [-0.15, -0.1) is 0 Å². The van der Waals surface area contributed by atoms with Crippen molar-refractivity contribution in [2.45, 2.75) is 33.1 Å². The summed E-state index contributed by atoms with van der Waals surface area (Å²) in [6.07, 6.45) is 1.74. The lowest BCUT2D eigenvalue weighted by Gasteiger charge is -2.05. The summed E-state index contributed by atoms with van der Waals surface area (Å²) in [5.74, 6) is -2.05. The van der Waals surface area contributed by atoms with Crippen LogP contribution in [-0.2, 0) is 9.53 Å². The molecule has 5 heteroatoms. The number of aromatic carboxylic acids is 1. The van der Waals surface area contributed by atoms with E-state index < -0.39 is 17.9 Å². The van der Waals surface area contributed by atoms with Gasteiger partial charge in [0, 0.05) is 6.42 Å². The molecule has 0 unspecified atom stereocenters. The molecule has 1 rings (SSSR count). The van der Waals surface area contributed by atoms with Crippen LogP contribution in [0.4, 0.5) is 0 Å². The van der Waals surface area contributed by atoms with Crippen LogP contribution in [0.25, 0.3) is 0 Å². The lowest BCUT2D eigenvalue weighted by atomic mass is 10.1. The Hall–Kier alpha value is -2.17. The predicted molar refractivity (Wildman–Crippen MR) is 72.5 cm³/mol. The van der Waals surface area contributed by atoms with E-state index in [0.29, 0.717) is 12.3 Å². The second kappa shape index (κ2) is 7.43. The first-order valence-corrected chi connectivity index (χ1v) is 6.48. The zero-order valence-corrected chi connectivity index (χ0v) is 11.6. The average Bonchev–Trinajstić information content (AvgIpc) is 2.38. The molecule has 1 aromatic rings. The van der Waals surface area contributed by atoms with E-state index in [4.69, 9.17) is 5.11 Å². The number of carboxylic acids is 1. The van der Waals surface area contributed by atoms with Crippen molar-refractivity contribution in [2.24, 2.45) is 5.92 Å². The molecule has 0 aromatic heterocycles. The van der Waals surface area contributed by atoms with Gasteiger partial charge >= 0.3 is 17.9 Å². The van der Waals surface area contributed by atoms with E-state index in [2.05, 4.69) is 4.74 Å². The van der Waals surface area contributed by atoms with Crippen molar-refractivity contribution in [3.63, 3.8) is 0 Å². The third kappa shape index (κ3) is 5.22. The fourth-order valence-electron chi connectivity index (χ4n) is 1.65. The van der Waals surface area contributed by atoms with Crippen molar-refractivity contribution in [3.05, 3.63) is 35.4 Å². The van der Waals surface area contributed by atoms with Gasteiger partial charge in [0.2, 0.25) is 0 Å². The zero-order chi connectivity index (χ0) is 15.1. The Bertz CT molecular complexity index is 505. The number of carbonyl (C=O) groups excluding carboxylic acids is 2. The third-order valence-electron chi connectivity index (χ3n) is 2.71. The summed E-state index contributed by atoms with van der Waals surface area (Å²) in [7, 11) is 0. The monoisotopic (exact) mass is 278 g/mol. The van der Waals surface area contributed by atoms with Crippen LogP contribution in [0.5, 0.6) is 0 Å². The van der Waals surface area contributed by atoms with E-state index >= 15 is 0 Å². The van der Waals surface area contributed by atoms with Crippen LogP contribution in [0.15, 0.2) is 24.3 Å². The average molecular weight is 278 g/mol. The molecule has 0 radical (unpaired) electrons. The number of benzene rings is 1. The van der Waals surface area contributed by atoms with E-state index in [0.717, 1.165) is 6.42 Å². The summed E-state index contributed by atoms with van der Waals surface area (Å²) in [5, 5.41) is 8.82. The molecule has 0 aliphatic heterocycles. The predicted octanol–water partition coefficient (Wildman–Crippen LogP) is 2.89. The Morgan fingerprint density at radius 3 is 2.45 bits per heavy atom. The Morgan fingerprint density at radius 1 is 1.20 bits per heavy atom. The molecule has 0 fully saturated rings. The van der Waals surface area contributed by atoms with Gasteiger partial charge in [-0.25, -0.2) is 9.59 Å². The minimum Gasteiger partial charge on any atom is -0.478 e. The molecule has 108 valence electrons. The molecular formula is C15H18O5. The van der Waals surface area contributed by atoms with E-state index in [-0.39, 0.29) is 17.5 Å². The topological polar surface area (TPSA) is 80.7 Å². The number of esters is 2. The van der Waals surface area contributed by atoms with Crippen LogP contribution in [0.1, 0.15) is 53.8 Å². The maximum atomic E-state index is 11.7. The minimum atomic E-state index is -1.14. The Labute approximate surface area is 117 Å². The summed E-state index contributed by atoms with van der Waals surface area (Å²) in [4.78, 5) is 33.9. The van der Waals surface area contributed by atoms with Gasteiger partial charge in [-0.1, -0.05) is 26.3 Å². The molecule has 0 aliphatic rings. The van der Waals surface area contributed by atoms with Crippen molar-refractivity contribution in [1.29, 1.82) is 0 Å². The Kier molecular flexibility index (Phi) is 5.90. The summed E-state index contributed by atoms with van der Waals surface area (Å²) in [5.41, 5.74) is 0.0359. The SMILES string of the molecule is CC(C)CCCC(=O)OC(=O)c1cccc(C(=O)O)c1. The van der Waals surface area contributed by atoms with Crippen molar-refractivity contribution in [3.8, 4) is 0 Å². The van der Waals surface area contributed by atoms with Gasteiger partial charge in [-0.3, -0.25) is 4.79 Å². The van der Waals surface area contributed by atoms with Crippen molar-refractivity contribution in [2.75, 3.05) is 0 Å². The Morgan fingerprint density at radius 2 is 1.85 bits per heavy atom. The molecule has 0 atom stereocenters. The number of hydrogen-bond donors (Lipinski definition) is 1. The van der Waals surface area contributed by atoms with Crippen LogP contribution in [-0.4, -0.2) is 23.0 Å². The molecule has 1 aromatic carbocycles. The van der Waals surface area contributed by atoms with Gasteiger partial charge in [-0.05, 0) is 30.5 Å². The molecule has 0 amide bonds. The maximum absolute atomic E-state index is 11.7. The highest BCUT2D eigenvalue weighted by Gasteiger charge is 2.14. The van der Waals surface area contributed by atoms with Crippen LogP contribution >= 0.6 is 0 Å². The lowest BCUT2D eigenvalue weighted by molar-refractivity contribution is -0.138. The Balaban J connectivity index is 2.56. The minimum absolute atomic E-state index is 0.0216. The molecule has 0 heterocycles. The standard InChI is InChI=1S/C15H18O5/c1-10(2)5-3-8-13(16)20-15(19)12-7-4-6-11(9-12)14(17)18/h4,6-7,9-10H,3,5,8H2,1-2H3,(H,17,18). The second-order valence-corrected chi connectivity index (χ2v) is 4.93. The van der Waals surface area contributed by atoms with E-state index in [1.54, 1.807) is 0 Å². The first-order chi connectivity index (χ1) is 9.40. The van der Waals surface area contributed by atoms with E-state index in [9.17, 15) is 14.4 Å². The molecule has 0 aliphatic carbocycles. The number of carbonyl (C=O) groups is 3. The number of ether oxygens (including phenoxy) is 1. The van der Waals surface area contributed by atoms with Gasteiger partial charge in [0.1, 0.15) is 0 Å². The molecule has 0 saturated heterocycles. The highest BCUT2D eigenvalue weighted by atomic mass is 16.6. The van der Waals surface area contributed by atoms with Crippen LogP contribution in [0, 0.1) is 5.92 Å². The second-order valence-electron chi connectivity index (χ2n) is 4.93. The zero-order valence-electron chi connectivity index (χ0n) is 11.6. The molecule has 0 spiro atoms. The largest absolute Gasteiger partial charge is 0.478 e. The van der Waals surface area contributed by atoms with E-state index in [1.165, 1.54) is 24.3 Å². The van der Waals surface area contributed by atoms with Crippen molar-refractivity contribution in [1.82, 2.24) is 0 Å². The molecular weight excluding hydrogens is 260 g/mol. The summed E-state index contributed by atoms with van der Waals surface area (Å²) >= 11 is 0. The first-order valence-electron chi connectivity index (χ1n) is 6.48. The fraction of sp³-hybridized carbons (Fsp3) is 0.400. The van der Waals surface area contributed by atoms with Crippen LogP contribution in [0.2, 0.25) is 0 Å². The van der Waals surface area contributed by atoms with Gasteiger partial charge in [0.05, 0.1) is 11.1 Å². The fourth-order valence-corrected chi connectivity index (χ4v) is 1.65. The molecule has 0 saturated carbocycles. The maximum Gasteiger partial charge on any atom is 0.345 e. The van der Waals surface area contributed by atoms with Crippen molar-refractivity contribution >= 4 is 17.9 Å². The third-order valence-corrected chi connectivity index (χ3v) is 2.71. The van der Waals surface area contributed by atoms with Crippen LogP contribution < -0.4 is 0 Å². The highest BCUT2D eigenvalue weighted by molar-refractivity contribution is 5.98. The highest BCUT2D eigenvalue weighted by Crippen LogP contribution is 2.10. The molecule has 20 heavy (non-hydrogen) atoms. The van der Waals surface area contributed by atoms with Gasteiger partial charge < -0.3 is 9.84 Å². The van der Waals surface area contributed by atoms with Gasteiger partial charge in [-0.2, -0.15) is 0 Å². The number of carboxylic acid groups (broad SMARTS) is 1. The molecule has 1 N–H and O–H groups in total. The molecule has 0 bridgehead atoms. The summed E-state index contributed by atoms with van der Waals surface area (Å²) in [6, 6.07) is 5.40. The normalized spacial score (nSPS) is 10.3. The molecule has 5 nitrogen and oxygen atoms in total. The van der Waals surface area contributed by atoms with Crippen molar-refractivity contribution < 1.29 is 24.2 Å². The van der Waals surface area contributed by atoms with Gasteiger partial charge in [0.15, 0.2) is 0 Å². The smallest absolute Gasteiger partial charge is 0.345 e. The summed E-state index contributed by atoms with van der Waals surface area (Å²) in [6.45, 7) is 4.10. The quantitative estimate of drug-likeness (QED) is 0.639. The lowest BCUT2D eigenvalue weighted by Crippen LogP contribution is -2.13. The van der Waals surface area contributed by atoms with Gasteiger partial charge in [0.25, 0.3) is 0 Å². The van der Waals surface area contributed by atoms with E-state index in [1.807, 2.05) is 13.8 Å². The van der Waals surface area contributed by atoms with Crippen LogP contribution in [0.3, 0.4) is 0 Å². The summed E-state index contributed by atoms with van der Waals surface area (Å²) < 4.78 is 4.68.